The van der Waals surface area contributed by atoms with Crippen molar-refractivity contribution in [1.29, 1.82) is 0 Å². The summed E-state index contributed by atoms with van der Waals surface area (Å²) in [5.41, 5.74) is 2.22. The Kier molecular flexibility index (Phi) is 4.15. The lowest BCUT2D eigenvalue weighted by Crippen LogP contribution is -2.42. The molecule has 0 spiro atoms. The lowest BCUT2D eigenvalue weighted by molar-refractivity contribution is -0.118. The Morgan fingerprint density at radius 3 is 3.05 bits per heavy atom. The van der Waals surface area contributed by atoms with Crippen molar-refractivity contribution in [2.24, 2.45) is 0 Å². The molecule has 4 heteroatoms. The molecule has 2 atom stereocenters. The van der Waals surface area contributed by atoms with Crippen LogP contribution in [0.1, 0.15) is 38.7 Å². The number of nitrogens with zero attached hydrogens (tertiary/aromatic N) is 1. The number of fused-ring (bicyclic) bond motifs is 1. The molecule has 0 saturated carbocycles. The molecule has 1 amide bonds. The third-order valence-corrected chi connectivity index (χ3v) is 4.33. The monoisotopic (exact) mass is 288 g/mol. The molecule has 1 aromatic rings. The molecule has 0 aliphatic carbocycles. The summed E-state index contributed by atoms with van der Waals surface area (Å²) in [6.07, 6.45) is 4.10. The number of hydrogen-bond acceptors (Lipinski definition) is 3. The van der Waals surface area contributed by atoms with E-state index in [0.717, 1.165) is 24.4 Å². The van der Waals surface area contributed by atoms with Crippen LogP contribution in [0, 0.1) is 0 Å². The van der Waals surface area contributed by atoms with Gasteiger partial charge in [0.1, 0.15) is 11.9 Å². The van der Waals surface area contributed by atoms with E-state index in [2.05, 4.69) is 17.4 Å². The average molecular weight is 288 g/mol. The molecular formula is C17H24N2O2. The van der Waals surface area contributed by atoms with E-state index >= 15 is 0 Å². The summed E-state index contributed by atoms with van der Waals surface area (Å²) in [5, 5.41) is 3.53. The number of amides is 1. The highest BCUT2D eigenvalue weighted by Gasteiger charge is 2.27. The summed E-state index contributed by atoms with van der Waals surface area (Å²) in [6, 6.07) is 6.85. The zero-order valence-corrected chi connectivity index (χ0v) is 12.9. The predicted octanol–water partition coefficient (Wildman–Crippen LogP) is 2.50. The SMILES string of the molecule is CCC(=O)N1CC(C)Oc2ccc(CC3CCCN3)cc21. The Hall–Kier alpha value is -1.55. The summed E-state index contributed by atoms with van der Waals surface area (Å²) >= 11 is 0. The molecule has 1 aromatic carbocycles. The minimum atomic E-state index is 0.0512. The average Bonchev–Trinajstić information content (AvgIpc) is 2.99. The van der Waals surface area contributed by atoms with E-state index in [1.165, 1.54) is 18.4 Å². The van der Waals surface area contributed by atoms with E-state index in [4.69, 9.17) is 4.74 Å². The van der Waals surface area contributed by atoms with Crippen LogP contribution in [0.3, 0.4) is 0 Å². The third kappa shape index (κ3) is 3.05. The first-order valence-corrected chi connectivity index (χ1v) is 8.00. The Morgan fingerprint density at radius 2 is 2.33 bits per heavy atom. The Balaban J connectivity index is 1.85. The second kappa shape index (κ2) is 6.06. The van der Waals surface area contributed by atoms with Crippen LogP contribution >= 0.6 is 0 Å². The van der Waals surface area contributed by atoms with Crippen LogP contribution < -0.4 is 15.0 Å². The van der Waals surface area contributed by atoms with Gasteiger partial charge in [0.15, 0.2) is 0 Å². The van der Waals surface area contributed by atoms with Crippen LogP contribution in [-0.4, -0.2) is 31.1 Å². The zero-order chi connectivity index (χ0) is 14.8. The molecule has 2 aliphatic rings. The van der Waals surface area contributed by atoms with E-state index in [1.807, 2.05) is 24.8 Å². The van der Waals surface area contributed by atoms with Gasteiger partial charge in [0.05, 0.1) is 12.2 Å². The summed E-state index contributed by atoms with van der Waals surface area (Å²) in [6.45, 7) is 5.69. The zero-order valence-electron chi connectivity index (χ0n) is 12.9. The number of carbonyl (C=O) groups is 1. The molecular weight excluding hydrogens is 264 g/mol. The van der Waals surface area contributed by atoms with Crippen molar-refractivity contribution in [3.8, 4) is 5.75 Å². The van der Waals surface area contributed by atoms with Crippen LogP contribution in [0.5, 0.6) is 5.75 Å². The summed E-state index contributed by atoms with van der Waals surface area (Å²) in [7, 11) is 0. The van der Waals surface area contributed by atoms with Gasteiger partial charge in [-0.25, -0.2) is 0 Å². The highest BCUT2D eigenvalue weighted by Crippen LogP contribution is 2.35. The highest BCUT2D eigenvalue weighted by molar-refractivity contribution is 5.95. The molecule has 21 heavy (non-hydrogen) atoms. The van der Waals surface area contributed by atoms with Crippen molar-refractivity contribution in [2.45, 2.75) is 51.7 Å². The maximum Gasteiger partial charge on any atom is 0.226 e. The number of nitrogens with one attached hydrogen (secondary N) is 1. The molecule has 114 valence electrons. The number of benzene rings is 1. The van der Waals surface area contributed by atoms with Crippen LogP contribution in [0.2, 0.25) is 0 Å². The van der Waals surface area contributed by atoms with Crippen molar-refractivity contribution >= 4 is 11.6 Å². The van der Waals surface area contributed by atoms with Gasteiger partial charge in [0, 0.05) is 12.5 Å². The van der Waals surface area contributed by atoms with Crippen molar-refractivity contribution in [3.63, 3.8) is 0 Å². The maximum absolute atomic E-state index is 12.2. The minimum Gasteiger partial charge on any atom is -0.487 e. The first kappa shape index (κ1) is 14.4. The number of anilines is 1. The maximum atomic E-state index is 12.2. The molecule has 2 heterocycles. The Morgan fingerprint density at radius 1 is 1.48 bits per heavy atom. The van der Waals surface area contributed by atoms with Gasteiger partial charge in [-0.3, -0.25) is 4.79 Å². The minimum absolute atomic E-state index is 0.0512. The summed E-state index contributed by atoms with van der Waals surface area (Å²) in [4.78, 5) is 14.1. The molecule has 1 N–H and O–H groups in total. The molecule has 1 fully saturated rings. The molecule has 0 aromatic heterocycles. The molecule has 4 nitrogen and oxygen atoms in total. The van der Waals surface area contributed by atoms with Gasteiger partial charge in [0.25, 0.3) is 0 Å². The molecule has 0 bridgehead atoms. The molecule has 0 radical (unpaired) electrons. The van der Waals surface area contributed by atoms with Gasteiger partial charge >= 0.3 is 0 Å². The van der Waals surface area contributed by atoms with Gasteiger partial charge in [-0.2, -0.15) is 0 Å². The highest BCUT2D eigenvalue weighted by atomic mass is 16.5. The topological polar surface area (TPSA) is 41.6 Å². The van der Waals surface area contributed by atoms with Crippen LogP contribution in [0.4, 0.5) is 5.69 Å². The normalized spacial score (nSPS) is 24.6. The van der Waals surface area contributed by atoms with Gasteiger partial charge in [0.2, 0.25) is 5.91 Å². The van der Waals surface area contributed by atoms with Gasteiger partial charge in [-0.05, 0) is 50.4 Å². The van der Waals surface area contributed by atoms with Gasteiger partial charge in [-0.15, -0.1) is 0 Å². The Bertz CT molecular complexity index is 524. The first-order chi connectivity index (χ1) is 10.2. The fourth-order valence-electron chi connectivity index (χ4n) is 3.25. The van der Waals surface area contributed by atoms with Gasteiger partial charge < -0.3 is 15.0 Å². The van der Waals surface area contributed by atoms with Crippen molar-refractivity contribution < 1.29 is 9.53 Å². The third-order valence-electron chi connectivity index (χ3n) is 4.33. The lowest BCUT2D eigenvalue weighted by Gasteiger charge is -2.33. The summed E-state index contributed by atoms with van der Waals surface area (Å²) < 4.78 is 5.87. The quantitative estimate of drug-likeness (QED) is 0.929. The Labute approximate surface area is 126 Å². The number of carbonyl (C=O) groups excluding carboxylic acids is 1. The summed E-state index contributed by atoms with van der Waals surface area (Å²) in [5.74, 6) is 1.00. The van der Waals surface area contributed by atoms with E-state index in [1.54, 1.807) is 0 Å². The molecule has 2 unspecified atom stereocenters. The van der Waals surface area contributed by atoms with Crippen molar-refractivity contribution in [2.75, 3.05) is 18.0 Å². The largest absolute Gasteiger partial charge is 0.487 e. The van der Waals surface area contributed by atoms with E-state index < -0.39 is 0 Å². The van der Waals surface area contributed by atoms with Crippen molar-refractivity contribution in [3.05, 3.63) is 23.8 Å². The fourth-order valence-corrected chi connectivity index (χ4v) is 3.25. The second-order valence-corrected chi connectivity index (χ2v) is 6.09. The standard InChI is InChI=1S/C17H24N2O2/c1-3-17(20)19-11-12(2)21-16-7-6-13(10-15(16)19)9-14-5-4-8-18-14/h6-7,10,12,14,18H,3-5,8-9,11H2,1-2H3. The van der Waals surface area contributed by atoms with Crippen LogP contribution in [-0.2, 0) is 11.2 Å². The van der Waals surface area contributed by atoms with E-state index in [0.29, 0.717) is 19.0 Å². The molecule has 3 rings (SSSR count). The smallest absolute Gasteiger partial charge is 0.226 e. The van der Waals surface area contributed by atoms with Crippen LogP contribution in [0.25, 0.3) is 0 Å². The number of hydrogen-bond donors (Lipinski definition) is 1. The second-order valence-electron chi connectivity index (χ2n) is 6.09. The van der Waals surface area contributed by atoms with E-state index in [-0.39, 0.29) is 12.0 Å². The fraction of sp³-hybridized carbons (Fsp3) is 0.588. The first-order valence-electron chi connectivity index (χ1n) is 8.00. The molecule has 2 aliphatic heterocycles. The van der Waals surface area contributed by atoms with Gasteiger partial charge in [-0.1, -0.05) is 13.0 Å². The van der Waals surface area contributed by atoms with Crippen molar-refractivity contribution in [1.82, 2.24) is 5.32 Å². The molecule has 1 saturated heterocycles. The lowest BCUT2D eigenvalue weighted by atomic mass is 10.0. The predicted molar refractivity (Wildman–Crippen MR) is 83.9 cm³/mol. The van der Waals surface area contributed by atoms with Crippen LogP contribution in [0.15, 0.2) is 18.2 Å². The van der Waals surface area contributed by atoms with E-state index in [9.17, 15) is 4.79 Å². The number of rotatable bonds is 3. The number of ether oxygens (including phenoxy) is 1.